The van der Waals surface area contributed by atoms with E-state index in [1.165, 1.54) is 18.2 Å². The first-order chi connectivity index (χ1) is 14.7. The molecule has 0 spiro atoms. The number of hydrogen-bond acceptors (Lipinski definition) is 3. The number of hydrogen-bond donors (Lipinski definition) is 1. The van der Waals surface area contributed by atoms with Crippen molar-refractivity contribution < 1.29 is 13.2 Å². The lowest BCUT2D eigenvalue weighted by atomic mass is 10.1. The van der Waals surface area contributed by atoms with Crippen LogP contribution in [0.1, 0.15) is 16.7 Å². The standard InChI is InChI=1S/C23H22Cl2N2O3S/c1-16-10-12-19(13-11-16)31(29,30)27(21-9-5-8-20(24)23(21)25)15-22(28)26-14-18-7-4-3-6-17(18)2/h3-13H,14-15H2,1-2H3,(H,26,28). The lowest BCUT2D eigenvalue weighted by Crippen LogP contribution is -2.41. The largest absolute Gasteiger partial charge is 0.350 e. The summed E-state index contributed by atoms with van der Waals surface area (Å²) < 4.78 is 27.8. The maximum atomic E-state index is 13.4. The molecule has 31 heavy (non-hydrogen) atoms. The number of carbonyl (C=O) groups is 1. The fourth-order valence-electron chi connectivity index (χ4n) is 3.01. The second-order valence-corrected chi connectivity index (χ2v) is 9.75. The zero-order valence-corrected chi connectivity index (χ0v) is 19.4. The van der Waals surface area contributed by atoms with Crippen molar-refractivity contribution in [2.75, 3.05) is 10.8 Å². The minimum absolute atomic E-state index is 0.0563. The molecule has 0 unspecified atom stereocenters. The maximum Gasteiger partial charge on any atom is 0.264 e. The third-order valence-electron chi connectivity index (χ3n) is 4.83. The highest BCUT2D eigenvalue weighted by atomic mass is 35.5. The van der Waals surface area contributed by atoms with Gasteiger partial charge in [-0.2, -0.15) is 0 Å². The Labute approximate surface area is 192 Å². The predicted molar refractivity (Wildman–Crippen MR) is 125 cm³/mol. The first-order valence-electron chi connectivity index (χ1n) is 9.55. The molecule has 3 rings (SSSR count). The lowest BCUT2D eigenvalue weighted by molar-refractivity contribution is -0.119. The van der Waals surface area contributed by atoms with E-state index in [0.29, 0.717) is 0 Å². The smallest absolute Gasteiger partial charge is 0.264 e. The summed E-state index contributed by atoms with van der Waals surface area (Å²) in [6, 6.07) is 18.7. The lowest BCUT2D eigenvalue weighted by Gasteiger charge is -2.25. The highest BCUT2D eigenvalue weighted by Gasteiger charge is 2.29. The number of halogens is 2. The average Bonchev–Trinajstić information content (AvgIpc) is 2.74. The highest BCUT2D eigenvalue weighted by Crippen LogP contribution is 2.35. The van der Waals surface area contributed by atoms with Crippen LogP contribution in [0, 0.1) is 13.8 Å². The molecular weight excluding hydrogens is 455 g/mol. The first kappa shape index (κ1) is 23.1. The van der Waals surface area contributed by atoms with Crippen LogP contribution in [-0.2, 0) is 21.4 Å². The Kier molecular flexibility index (Phi) is 7.26. The van der Waals surface area contributed by atoms with Crippen molar-refractivity contribution >= 4 is 44.8 Å². The molecule has 0 saturated carbocycles. The fraction of sp³-hybridized carbons (Fsp3) is 0.174. The Morgan fingerprint density at radius 1 is 0.935 bits per heavy atom. The van der Waals surface area contributed by atoms with Gasteiger partial charge in [0.2, 0.25) is 5.91 Å². The van der Waals surface area contributed by atoms with E-state index in [4.69, 9.17) is 23.2 Å². The molecule has 8 heteroatoms. The Hall–Kier alpha value is -2.54. The summed E-state index contributed by atoms with van der Waals surface area (Å²) in [5, 5.41) is 3.05. The number of aryl methyl sites for hydroxylation is 2. The topological polar surface area (TPSA) is 66.5 Å². The summed E-state index contributed by atoms with van der Waals surface area (Å²) in [4.78, 5) is 12.8. The average molecular weight is 477 g/mol. The van der Waals surface area contributed by atoms with Crippen molar-refractivity contribution in [3.8, 4) is 0 Å². The molecule has 0 atom stereocenters. The quantitative estimate of drug-likeness (QED) is 0.514. The van der Waals surface area contributed by atoms with E-state index in [2.05, 4.69) is 5.32 Å². The van der Waals surface area contributed by atoms with E-state index >= 15 is 0 Å². The van der Waals surface area contributed by atoms with Gasteiger partial charge in [-0.05, 0) is 49.2 Å². The zero-order chi connectivity index (χ0) is 22.6. The van der Waals surface area contributed by atoms with Crippen LogP contribution in [0.5, 0.6) is 0 Å². The number of nitrogens with one attached hydrogen (secondary N) is 1. The molecular formula is C23H22Cl2N2O3S. The minimum atomic E-state index is -4.07. The Morgan fingerprint density at radius 3 is 2.29 bits per heavy atom. The molecule has 0 saturated heterocycles. The first-order valence-corrected chi connectivity index (χ1v) is 11.7. The number of carbonyl (C=O) groups excluding carboxylic acids is 1. The monoisotopic (exact) mass is 476 g/mol. The second kappa shape index (κ2) is 9.73. The van der Waals surface area contributed by atoms with E-state index in [1.54, 1.807) is 24.3 Å². The number of rotatable bonds is 7. The number of anilines is 1. The molecule has 0 aliphatic heterocycles. The molecule has 0 radical (unpaired) electrons. The van der Waals surface area contributed by atoms with Gasteiger partial charge in [0.15, 0.2) is 0 Å². The molecule has 3 aromatic rings. The van der Waals surface area contributed by atoms with E-state index in [9.17, 15) is 13.2 Å². The van der Waals surface area contributed by atoms with Gasteiger partial charge in [0, 0.05) is 6.54 Å². The van der Waals surface area contributed by atoms with Gasteiger partial charge in [-0.1, -0.05) is 71.2 Å². The van der Waals surface area contributed by atoms with Crippen molar-refractivity contribution in [3.63, 3.8) is 0 Å². The molecule has 0 bridgehead atoms. The molecule has 0 aliphatic rings. The van der Waals surface area contributed by atoms with Crippen molar-refractivity contribution in [2.24, 2.45) is 0 Å². The second-order valence-electron chi connectivity index (χ2n) is 7.10. The summed E-state index contributed by atoms with van der Waals surface area (Å²) in [5.74, 6) is -0.463. The van der Waals surface area contributed by atoms with Crippen LogP contribution in [-0.4, -0.2) is 20.9 Å². The molecule has 0 fully saturated rings. The molecule has 0 aliphatic carbocycles. The molecule has 0 aromatic heterocycles. The number of nitrogens with zero attached hydrogens (tertiary/aromatic N) is 1. The Morgan fingerprint density at radius 2 is 1.61 bits per heavy atom. The molecule has 1 amide bonds. The summed E-state index contributed by atoms with van der Waals surface area (Å²) in [7, 11) is -4.07. The third-order valence-corrected chi connectivity index (χ3v) is 7.42. The molecule has 5 nitrogen and oxygen atoms in total. The number of benzene rings is 3. The fourth-order valence-corrected chi connectivity index (χ4v) is 4.89. The zero-order valence-electron chi connectivity index (χ0n) is 17.1. The molecule has 1 N–H and O–H groups in total. The van der Waals surface area contributed by atoms with E-state index in [1.807, 2.05) is 38.1 Å². The van der Waals surface area contributed by atoms with Gasteiger partial charge in [0.1, 0.15) is 6.54 Å². The van der Waals surface area contributed by atoms with E-state index < -0.39 is 22.5 Å². The predicted octanol–water partition coefficient (Wildman–Crippen LogP) is 5.12. The van der Waals surface area contributed by atoms with Crippen LogP contribution in [0.2, 0.25) is 10.0 Å². The normalized spacial score (nSPS) is 11.2. The van der Waals surface area contributed by atoms with E-state index in [-0.39, 0.29) is 27.2 Å². The summed E-state index contributed by atoms with van der Waals surface area (Å²) in [6.07, 6.45) is 0. The van der Waals surface area contributed by atoms with Crippen molar-refractivity contribution in [3.05, 3.63) is 93.5 Å². The van der Waals surface area contributed by atoms with Crippen LogP contribution < -0.4 is 9.62 Å². The number of sulfonamides is 1. The maximum absolute atomic E-state index is 13.4. The van der Waals surface area contributed by atoms with Gasteiger partial charge in [-0.25, -0.2) is 8.42 Å². The van der Waals surface area contributed by atoms with Crippen molar-refractivity contribution in [2.45, 2.75) is 25.3 Å². The van der Waals surface area contributed by atoms with Crippen molar-refractivity contribution in [1.29, 1.82) is 0 Å². The minimum Gasteiger partial charge on any atom is -0.350 e. The van der Waals surface area contributed by atoms with Gasteiger partial charge >= 0.3 is 0 Å². The Balaban J connectivity index is 1.92. The van der Waals surface area contributed by atoms with Gasteiger partial charge in [-0.15, -0.1) is 0 Å². The van der Waals surface area contributed by atoms with Gasteiger partial charge in [0.05, 0.1) is 20.6 Å². The van der Waals surface area contributed by atoms with Crippen molar-refractivity contribution in [1.82, 2.24) is 5.32 Å². The van der Waals surface area contributed by atoms with Crippen LogP contribution in [0.4, 0.5) is 5.69 Å². The highest BCUT2D eigenvalue weighted by molar-refractivity contribution is 7.92. The van der Waals surface area contributed by atoms with Crippen LogP contribution >= 0.6 is 23.2 Å². The van der Waals surface area contributed by atoms with Crippen LogP contribution in [0.3, 0.4) is 0 Å². The number of amides is 1. The van der Waals surface area contributed by atoms with Crippen LogP contribution in [0.25, 0.3) is 0 Å². The molecule has 3 aromatic carbocycles. The summed E-state index contributed by atoms with van der Waals surface area (Å²) >= 11 is 12.4. The van der Waals surface area contributed by atoms with Gasteiger partial charge in [-0.3, -0.25) is 9.10 Å². The Bertz CT molecular complexity index is 1200. The molecule has 162 valence electrons. The summed E-state index contributed by atoms with van der Waals surface area (Å²) in [6.45, 7) is 3.65. The van der Waals surface area contributed by atoms with Gasteiger partial charge in [0.25, 0.3) is 10.0 Å². The third kappa shape index (κ3) is 5.39. The van der Waals surface area contributed by atoms with Gasteiger partial charge < -0.3 is 5.32 Å². The molecule has 0 heterocycles. The van der Waals surface area contributed by atoms with Crippen LogP contribution in [0.15, 0.2) is 71.6 Å². The SMILES string of the molecule is Cc1ccc(S(=O)(=O)N(CC(=O)NCc2ccccc2C)c2cccc(Cl)c2Cl)cc1. The summed E-state index contributed by atoms with van der Waals surface area (Å²) in [5.41, 5.74) is 3.04. The van der Waals surface area contributed by atoms with E-state index in [0.717, 1.165) is 21.0 Å².